The Morgan fingerprint density at radius 2 is 2.18 bits per heavy atom. The highest BCUT2D eigenvalue weighted by atomic mass is 32.7. The molecule has 2 rings (SSSR count). The second-order valence-electron chi connectivity index (χ2n) is 4.89. The maximum atomic E-state index is 11.9. The smallest absolute Gasteiger partial charge is 0.330 e. The number of rotatable bonds is 5. The zero-order valence-electron chi connectivity index (χ0n) is 12.0. The molecule has 3 N–H and O–H groups in total. The Balaban J connectivity index is 2.38. The van der Waals surface area contributed by atoms with Gasteiger partial charge >= 0.3 is 5.69 Å². The van der Waals surface area contributed by atoms with Crippen LogP contribution < -0.4 is 17.0 Å². The van der Waals surface area contributed by atoms with E-state index < -0.39 is 42.4 Å². The van der Waals surface area contributed by atoms with Crippen LogP contribution in [0.2, 0.25) is 0 Å². The van der Waals surface area contributed by atoms with E-state index in [4.69, 9.17) is 19.7 Å². The van der Waals surface area contributed by atoms with Crippen molar-refractivity contribution in [3.8, 4) is 0 Å². The first-order valence-corrected chi connectivity index (χ1v) is 9.67. The molecule has 1 saturated heterocycles. The number of methoxy groups -OCH3 is 1. The molecule has 9 nitrogen and oxygen atoms in total. The number of ether oxygens (including phenoxy) is 2. The van der Waals surface area contributed by atoms with E-state index in [0.717, 1.165) is 0 Å². The molecular formula is C11H18N3O6PS. The van der Waals surface area contributed by atoms with Crippen molar-refractivity contribution in [1.29, 1.82) is 0 Å². The number of thiol groups is 1. The Labute approximate surface area is 131 Å². The zero-order valence-corrected chi connectivity index (χ0v) is 13.8. The predicted octanol–water partition coefficient (Wildman–Crippen LogP) is -0.454. The molecule has 124 valence electrons. The minimum Gasteiger partial charge on any atom is -0.374 e. The van der Waals surface area contributed by atoms with E-state index in [1.807, 2.05) is 0 Å². The normalized spacial score (nSPS) is 31.1. The summed E-state index contributed by atoms with van der Waals surface area (Å²) >= 11 is 3.90. The first-order chi connectivity index (χ1) is 10.3. The number of nitrogens with one attached hydrogen (secondary N) is 1. The quantitative estimate of drug-likeness (QED) is 0.484. The van der Waals surface area contributed by atoms with Crippen LogP contribution >= 0.6 is 18.8 Å². The predicted molar refractivity (Wildman–Crippen MR) is 82.5 cm³/mol. The van der Waals surface area contributed by atoms with E-state index >= 15 is 0 Å². The highest BCUT2D eigenvalue weighted by molar-refractivity contribution is 8.46. The number of H-pyrrole nitrogens is 1. The van der Waals surface area contributed by atoms with Crippen molar-refractivity contribution in [2.75, 3.05) is 20.3 Å². The molecule has 0 bridgehead atoms. The molecule has 22 heavy (non-hydrogen) atoms. The van der Waals surface area contributed by atoms with Gasteiger partial charge in [-0.25, -0.2) is 4.79 Å². The summed E-state index contributed by atoms with van der Waals surface area (Å²) in [5, 5.41) is 0. The molecule has 1 aromatic heterocycles. The number of nitrogens with zero attached hydrogens (tertiary/aromatic N) is 1. The van der Waals surface area contributed by atoms with E-state index in [-0.39, 0.29) is 6.54 Å². The third kappa shape index (κ3) is 3.70. The molecule has 0 radical (unpaired) electrons. The topological polar surface area (TPSA) is 126 Å². The summed E-state index contributed by atoms with van der Waals surface area (Å²) in [7, 11) is 1.41. The van der Waals surface area contributed by atoms with Crippen molar-refractivity contribution in [3.63, 3.8) is 0 Å². The van der Waals surface area contributed by atoms with Gasteiger partial charge in [0.25, 0.3) is 12.1 Å². The molecule has 0 aromatic carbocycles. The highest BCUT2D eigenvalue weighted by Crippen LogP contribution is 2.51. The second kappa shape index (κ2) is 6.69. The van der Waals surface area contributed by atoms with Crippen LogP contribution in [0.3, 0.4) is 0 Å². The number of aromatic amines is 1. The fourth-order valence-corrected chi connectivity index (χ4v) is 3.39. The number of nitrogens with two attached hydrogens (primary N) is 1. The molecule has 0 spiro atoms. The van der Waals surface area contributed by atoms with Crippen molar-refractivity contribution >= 4 is 18.8 Å². The average Bonchev–Trinajstić information content (AvgIpc) is 2.74. The first kappa shape index (κ1) is 17.5. The van der Waals surface area contributed by atoms with Gasteiger partial charge in [0.15, 0.2) is 6.23 Å². The summed E-state index contributed by atoms with van der Waals surface area (Å²) in [5.41, 5.74) is 4.47. The van der Waals surface area contributed by atoms with E-state index in [0.29, 0.717) is 0 Å². The van der Waals surface area contributed by atoms with Gasteiger partial charge in [0.2, 0.25) is 0 Å². The second-order valence-corrected chi connectivity index (χ2v) is 8.89. The summed E-state index contributed by atoms with van der Waals surface area (Å²) in [4.78, 5) is 25.2. The first-order valence-electron chi connectivity index (χ1n) is 6.45. The summed E-state index contributed by atoms with van der Waals surface area (Å²) in [5.74, 6) is 0. The molecule has 0 amide bonds. The van der Waals surface area contributed by atoms with Crippen molar-refractivity contribution in [2.24, 2.45) is 5.73 Å². The molecule has 2 heterocycles. The van der Waals surface area contributed by atoms with Gasteiger partial charge in [-0.2, -0.15) is 0 Å². The highest BCUT2D eigenvalue weighted by Gasteiger charge is 2.48. The molecule has 0 aliphatic carbocycles. The molecular weight excluding hydrogens is 333 g/mol. The molecule has 5 atom stereocenters. The maximum absolute atomic E-state index is 11.9. The van der Waals surface area contributed by atoms with Crippen molar-refractivity contribution < 1.29 is 18.6 Å². The summed E-state index contributed by atoms with van der Waals surface area (Å²) in [6, 6.07) is 1.19. The van der Waals surface area contributed by atoms with E-state index in [9.17, 15) is 14.2 Å². The van der Waals surface area contributed by atoms with Crippen LogP contribution in [0.25, 0.3) is 0 Å². The van der Waals surface area contributed by atoms with Gasteiger partial charge in [-0.15, -0.1) is 0 Å². The molecule has 3 unspecified atom stereocenters. The van der Waals surface area contributed by atoms with Gasteiger partial charge in [0, 0.05) is 32.6 Å². The van der Waals surface area contributed by atoms with Gasteiger partial charge < -0.3 is 19.7 Å². The van der Waals surface area contributed by atoms with Crippen LogP contribution in [0.1, 0.15) is 6.23 Å². The summed E-state index contributed by atoms with van der Waals surface area (Å²) < 4.78 is 29.4. The Morgan fingerprint density at radius 1 is 1.50 bits per heavy atom. The standard InChI is InChI=1S/C11H18N3O6PS/c1-18-9-8(20-21(2,17)22)6(5-12)19-10(9)14-4-3-7(15)13-11(14)16/h3-4,6,8-10H,5,12H2,1-2H3,(H,17,22)(H,13,15,16)/t6-,8?,9?,10-,21?/m1/s1. The third-order valence-electron chi connectivity index (χ3n) is 3.23. The van der Waals surface area contributed by atoms with Gasteiger partial charge in [-0.1, -0.05) is 12.2 Å². The third-order valence-corrected chi connectivity index (χ3v) is 4.15. The Hall–Kier alpha value is -0.900. The molecule has 0 saturated carbocycles. The van der Waals surface area contributed by atoms with E-state index in [1.54, 1.807) is 0 Å². The van der Waals surface area contributed by atoms with Crippen molar-refractivity contribution in [1.82, 2.24) is 9.55 Å². The molecule has 1 aliphatic rings. The van der Waals surface area contributed by atoms with Crippen molar-refractivity contribution in [2.45, 2.75) is 24.5 Å². The Bertz CT molecular complexity index is 685. The van der Waals surface area contributed by atoms with Crippen LogP contribution in [0.15, 0.2) is 21.9 Å². The fourth-order valence-electron chi connectivity index (χ4n) is 2.35. The maximum Gasteiger partial charge on any atom is 0.330 e. The van der Waals surface area contributed by atoms with Gasteiger partial charge in [0.1, 0.15) is 18.3 Å². The fraction of sp³-hybridized carbons (Fsp3) is 0.636. The zero-order chi connectivity index (χ0) is 16.5. The van der Waals surface area contributed by atoms with Crippen LogP contribution in [0.5, 0.6) is 0 Å². The lowest BCUT2D eigenvalue weighted by Crippen LogP contribution is -2.40. The molecule has 1 fully saturated rings. The molecule has 11 heteroatoms. The number of hydrogen-bond acceptors (Lipinski definition) is 7. The lowest BCUT2D eigenvalue weighted by atomic mass is 10.1. The summed E-state index contributed by atoms with van der Waals surface area (Å²) in [6.07, 6.45) is -1.70. The lowest BCUT2D eigenvalue weighted by Gasteiger charge is -2.24. The number of hydrogen-bond donors (Lipinski definition) is 3. The molecule has 1 aromatic rings. The summed E-state index contributed by atoms with van der Waals surface area (Å²) in [6.45, 7) is -1.70. The van der Waals surface area contributed by atoms with Crippen molar-refractivity contribution in [3.05, 3.63) is 33.1 Å². The van der Waals surface area contributed by atoms with Crippen LogP contribution in [0.4, 0.5) is 0 Å². The van der Waals surface area contributed by atoms with Crippen LogP contribution in [-0.2, 0) is 18.6 Å². The number of aromatic nitrogens is 2. The van der Waals surface area contributed by atoms with Crippen LogP contribution in [-0.4, -0.2) is 48.2 Å². The lowest BCUT2D eigenvalue weighted by molar-refractivity contribution is -0.0518. The average molecular weight is 351 g/mol. The van der Waals surface area contributed by atoms with Gasteiger partial charge in [-0.3, -0.25) is 18.9 Å². The minimum absolute atomic E-state index is 0.0763. The van der Waals surface area contributed by atoms with E-state index in [2.05, 4.69) is 17.2 Å². The SMILES string of the molecule is COC1C(OP(C)(=O)S)[C@@H](CN)O[C@H]1n1ccc(=O)[nH]c1=O. The Kier molecular flexibility index (Phi) is 5.31. The minimum atomic E-state index is -3.12. The van der Waals surface area contributed by atoms with Crippen LogP contribution in [0, 0.1) is 0 Å². The Morgan fingerprint density at radius 3 is 2.68 bits per heavy atom. The van der Waals surface area contributed by atoms with Gasteiger partial charge in [0.05, 0.1) is 0 Å². The monoisotopic (exact) mass is 351 g/mol. The molecule has 1 aliphatic heterocycles. The largest absolute Gasteiger partial charge is 0.374 e. The van der Waals surface area contributed by atoms with E-state index in [1.165, 1.54) is 30.6 Å². The van der Waals surface area contributed by atoms with Gasteiger partial charge in [-0.05, 0) is 0 Å².